The highest BCUT2D eigenvalue weighted by molar-refractivity contribution is 9.10. The Labute approximate surface area is 130 Å². The van der Waals surface area contributed by atoms with Gasteiger partial charge in [-0.05, 0) is 58.4 Å². The molecule has 0 aliphatic heterocycles. The third-order valence-electron chi connectivity index (χ3n) is 2.71. The number of sulfone groups is 1. The van der Waals surface area contributed by atoms with Crippen molar-refractivity contribution in [1.82, 2.24) is 0 Å². The Balaban J connectivity index is 2.22. The third kappa shape index (κ3) is 3.89. The standard InChI is InChI=1S/C14H11BrFNO3S/c1-21(19,20)11-5-3-10(4-6-11)17-14(18)12-8-9(16)2-7-13(12)15/h2-8H,1H3,(H,17,18). The Bertz CT molecular complexity index is 788. The number of halogens is 2. The third-order valence-corrected chi connectivity index (χ3v) is 4.53. The lowest BCUT2D eigenvalue weighted by atomic mass is 10.2. The van der Waals surface area contributed by atoms with Crippen molar-refractivity contribution < 1.29 is 17.6 Å². The van der Waals surface area contributed by atoms with Crippen LogP contribution >= 0.6 is 15.9 Å². The first-order valence-corrected chi connectivity index (χ1v) is 8.52. The molecule has 0 fully saturated rings. The first-order chi connectivity index (χ1) is 9.77. The monoisotopic (exact) mass is 371 g/mol. The van der Waals surface area contributed by atoms with Crippen LogP contribution in [0.15, 0.2) is 51.8 Å². The summed E-state index contributed by atoms with van der Waals surface area (Å²) in [5.74, 6) is -1.01. The molecule has 1 amide bonds. The van der Waals surface area contributed by atoms with E-state index in [-0.39, 0.29) is 10.5 Å². The van der Waals surface area contributed by atoms with Gasteiger partial charge in [-0.25, -0.2) is 12.8 Å². The average molecular weight is 372 g/mol. The molecule has 0 bridgehead atoms. The molecule has 0 aromatic heterocycles. The van der Waals surface area contributed by atoms with E-state index in [0.717, 1.165) is 12.3 Å². The van der Waals surface area contributed by atoms with Gasteiger partial charge in [-0.2, -0.15) is 0 Å². The smallest absolute Gasteiger partial charge is 0.256 e. The van der Waals surface area contributed by atoms with Gasteiger partial charge in [-0.1, -0.05) is 0 Å². The van der Waals surface area contributed by atoms with E-state index in [1.165, 1.54) is 36.4 Å². The molecule has 21 heavy (non-hydrogen) atoms. The summed E-state index contributed by atoms with van der Waals surface area (Å²) in [6, 6.07) is 9.53. The number of hydrogen-bond donors (Lipinski definition) is 1. The first-order valence-electron chi connectivity index (χ1n) is 5.84. The van der Waals surface area contributed by atoms with Crippen molar-refractivity contribution in [3.05, 3.63) is 58.3 Å². The maximum Gasteiger partial charge on any atom is 0.256 e. The number of benzene rings is 2. The molecule has 0 saturated heterocycles. The minimum Gasteiger partial charge on any atom is -0.322 e. The van der Waals surface area contributed by atoms with E-state index in [2.05, 4.69) is 21.2 Å². The zero-order chi connectivity index (χ0) is 15.6. The number of hydrogen-bond acceptors (Lipinski definition) is 3. The number of anilines is 1. The Morgan fingerprint density at radius 1 is 1.14 bits per heavy atom. The Morgan fingerprint density at radius 3 is 2.33 bits per heavy atom. The van der Waals surface area contributed by atoms with Crippen molar-refractivity contribution in [2.75, 3.05) is 11.6 Å². The Kier molecular flexibility index (Phi) is 4.43. The summed E-state index contributed by atoms with van der Waals surface area (Å²) in [6.07, 6.45) is 1.10. The molecular weight excluding hydrogens is 361 g/mol. The van der Waals surface area contributed by atoms with Crippen LogP contribution in [0.2, 0.25) is 0 Å². The fourth-order valence-corrected chi connectivity index (χ4v) is 2.71. The van der Waals surface area contributed by atoms with Crippen molar-refractivity contribution in [3.63, 3.8) is 0 Å². The van der Waals surface area contributed by atoms with Gasteiger partial charge in [0.05, 0.1) is 10.5 Å². The van der Waals surface area contributed by atoms with E-state index < -0.39 is 21.6 Å². The number of carbonyl (C=O) groups excluding carboxylic acids is 1. The normalized spacial score (nSPS) is 11.2. The van der Waals surface area contributed by atoms with E-state index in [4.69, 9.17) is 0 Å². The largest absolute Gasteiger partial charge is 0.322 e. The second-order valence-corrected chi connectivity index (χ2v) is 7.24. The van der Waals surface area contributed by atoms with Gasteiger partial charge >= 0.3 is 0 Å². The highest BCUT2D eigenvalue weighted by atomic mass is 79.9. The molecule has 0 radical (unpaired) electrons. The van der Waals surface area contributed by atoms with Crippen LogP contribution < -0.4 is 5.32 Å². The van der Waals surface area contributed by atoms with Crippen LogP contribution in [0.4, 0.5) is 10.1 Å². The molecule has 0 saturated carbocycles. The Hall–Kier alpha value is -1.73. The highest BCUT2D eigenvalue weighted by Gasteiger charge is 2.12. The molecule has 2 rings (SSSR count). The summed E-state index contributed by atoms with van der Waals surface area (Å²) in [5, 5.41) is 2.57. The second-order valence-electron chi connectivity index (χ2n) is 4.37. The predicted octanol–water partition coefficient (Wildman–Crippen LogP) is 3.24. The van der Waals surface area contributed by atoms with Crippen molar-refractivity contribution in [2.45, 2.75) is 4.90 Å². The zero-order valence-electron chi connectivity index (χ0n) is 10.9. The van der Waals surface area contributed by atoms with Crippen LogP contribution in [0, 0.1) is 5.82 Å². The van der Waals surface area contributed by atoms with Gasteiger partial charge < -0.3 is 5.32 Å². The molecule has 0 unspecified atom stereocenters. The lowest BCUT2D eigenvalue weighted by Gasteiger charge is -2.07. The molecule has 0 aliphatic carbocycles. The van der Waals surface area contributed by atoms with Gasteiger partial charge in [0.2, 0.25) is 0 Å². The summed E-state index contributed by atoms with van der Waals surface area (Å²) in [6.45, 7) is 0. The van der Waals surface area contributed by atoms with Crippen LogP contribution in [0.3, 0.4) is 0 Å². The van der Waals surface area contributed by atoms with Crippen molar-refractivity contribution in [3.8, 4) is 0 Å². The molecule has 0 spiro atoms. The molecule has 0 aliphatic rings. The van der Waals surface area contributed by atoms with E-state index in [1.807, 2.05) is 0 Å². The summed E-state index contributed by atoms with van der Waals surface area (Å²) >= 11 is 3.18. The fourth-order valence-electron chi connectivity index (χ4n) is 1.66. The average Bonchev–Trinajstić information content (AvgIpc) is 2.41. The summed E-state index contributed by atoms with van der Waals surface area (Å²) < 4.78 is 36.3. The lowest BCUT2D eigenvalue weighted by molar-refractivity contribution is 0.102. The van der Waals surface area contributed by atoms with Gasteiger partial charge in [0.1, 0.15) is 5.82 Å². The first kappa shape index (κ1) is 15.7. The molecule has 0 heterocycles. The molecule has 1 N–H and O–H groups in total. The topological polar surface area (TPSA) is 63.2 Å². The molecule has 2 aromatic rings. The van der Waals surface area contributed by atoms with Crippen molar-refractivity contribution >= 4 is 37.4 Å². The number of nitrogens with one attached hydrogen (secondary N) is 1. The summed E-state index contributed by atoms with van der Waals surface area (Å²) in [5.41, 5.74) is 0.575. The maximum atomic E-state index is 13.2. The van der Waals surface area contributed by atoms with E-state index in [1.54, 1.807) is 0 Å². The van der Waals surface area contributed by atoms with E-state index >= 15 is 0 Å². The van der Waals surface area contributed by atoms with E-state index in [9.17, 15) is 17.6 Å². The van der Waals surface area contributed by atoms with Crippen LogP contribution in [-0.4, -0.2) is 20.6 Å². The minimum absolute atomic E-state index is 0.155. The predicted molar refractivity (Wildman–Crippen MR) is 81.6 cm³/mol. The highest BCUT2D eigenvalue weighted by Crippen LogP contribution is 2.20. The maximum absolute atomic E-state index is 13.2. The van der Waals surface area contributed by atoms with Gasteiger partial charge in [0.15, 0.2) is 9.84 Å². The van der Waals surface area contributed by atoms with E-state index in [0.29, 0.717) is 10.2 Å². The minimum atomic E-state index is -3.28. The molecule has 7 heteroatoms. The number of rotatable bonds is 3. The molecule has 110 valence electrons. The summed E-state index contributed by atoms with van der Waals surface area (Å²) in [4.78, 5) is 12.2. The Morgan fingerprint density at radius 2 is 1.76 bits per heavy atom. The second kappa shape index (κ2) is 5.95. The van der Waals surface area contributed by atoms with Gasteiger partial charge in [-0.15, -0.1) is 0 Å². The molecule has 4 nitrogen and oxygen atoms in total. The van der Waals surface area contributed by atoms with Gasteiger partial charge in [-0.3, -0.25) is 4.79 Å². The zero-order valence-corrected chi connectivity index (χ0v) is 13.3. The number of amides is 1. The van der Waals surface area contributed by atoms with Crippen molar-refractivity contribution in [2.24, 2.45) is 0 Å². The van der Waals surface area contributed by atoms with Gasteiger partial charge in [0, 0.05) is 16.4 Å². The summed E-state index contributed by atoms with van der Waals surface area (Å²) in [7, 11) is -3.28. The van der Waals surface area contributed by atoms with Crippen LogP contribution in [0.5, 0.6) is 0 Å². The van der Waals surface area contributed by atoms with Crippen molar-refractivity contribution in [1.29, 1.82) is 0 Å². The van der Waals surface area contributed by atoms with Crippen LogP contribution in [-0.2, 0) is 9.84 Å². The number of carbonyl (C=O) groups is 1. The van der Waals surface area contributed by atoms with Crippen LogP contribution in [0.1, 0.15) is 10.4 Å². The molecule has 2 aromatic carbocycles. The van der Waals surface area contributed by atoms with Crippen LogP contribution in [0.25, 0.3) is 0 Å². The molecule has 0 atom stereocenters. The fraction of sp³-hybridized carbons (Fsp3) is 0.0714. The molecular formula is C14H11BrFNO3S. The van der Waals surface area contributed by atoms with Gasteiger partial charge in [0.25, 0.3) is 5.91 Å². The lowest BCUT2D eigenvalue weighted by Crippen LogP contribution is -2.13. The SMILES string of the molecule is CS(=O)(=O)c1ccc(NC(=O)c2cc(F)ccc2Br)cc1. The quantitative estimate of drug-likeness (QED) is 0.900.